The average Bonchev–Trinajstić information content (AvgIpc) is 2.48. The molecule has 0 saturated carbocycles. The second-order valence-electron chi connectivity index (χ2n) is 8.45. The monoisotopic (exact) mass is 366 g/mol. The number of carbonyl (C=O) groups is 1. The van der Waals surface area contributed by atoms with Crippen LogP contribution >= 0.6 is 11.6 Å². The first-order valence-electron chi connectivity index (χ1n) is 9.02. The van der Waals surface area contributed by atoms with Crippen molar-refractivity contribution in [3.05, 3.63) is 34.3 Å². The second-order valence-corrected chi connectivity index (χ2v) is 8.89. The summed E-state index contributed by atoms with van der Waals surface area (Å²) < 4.78 is 5.47. The molecule has 1 fully saturated rings. The Hall–Kier alpha value is -1.26. The summed E-state index contributed by atoms with van der Waals surface area (Å²) >= 11 is 6.01. The molecule has 0 aromatic heterocycles. The van der Waals surface area contributed by atoms with Crippen molar-refractivity contribution in [1.82, 2.24) is 10.2 Å². The van der Waals surface area contributed by atoms with Gasteiger partial charge < -0.3 is 15.0 Å². The molecular weight excluding hydrogens is 336 g/mol. The van der Waals surface area contributed by atoms with E-state index in [0.717, 1.165) is 44.0 Å². The topological polar surface area (TPSA) is 41.6 Å². The number of amides is 1. The molecule has 25 heavy (non-hydrogen) atoms. The fourth-order valence-electron chi connectivity index (χ4n) is 3.09. The Morgan fingerprint density at radius 1 is 1.32 bits per heavy atom. The minimum atomic E-state index is -0.435. The van der Waals surface area contributed by atoms with E-state index in [1.165, 1.54) is 11.1 Å². The van der Waals surface area contributed by atoms with Crippen LogP contribution in [-0.2, 0) is 11.3 Å². The van der Waals surface area contributed by atoms with E-state index in [9.17, 15) is 4.79 Å². The van der Waals surface area contributed by atoms with Crippen LogP contribution in [0.1, 0.15) is 51.7 Å². The van der Waals surface area contributed by atoms with Gasteiger partial charge in [-0.15, -0.1) is 0 Å². The van der Waals surface area contributed by atoms with Crippen LogP contribution in [0.4, 0.5) is 4.79 Å². The van der Waals surface area contributed by atoms with Crippen LogP contribution in [0.15, 0.2) is 18.2 Å². The molecule has 1 amide bonds. The Balaban J connectivity index is 1.79. The lowest BCUT2D eigenvalue weighted by atomic mass is 9.80. The number of carbonyl (C=O) groups excluding carboxylic acids is 1. The third-order valence-electron chi connectivity index (χ3n) is 4.79. The fourth-order valence-corrected chi connectivity index (χ4v) is 3.32. The molecule has 1 aliphatic heterocycles. The number of hydrogen-bond acceptors (Lipinski definition) is 3. The SMILES string of the molecule is Cc1cc(Cl)ccc1CNCC1(C)CCN(C(=O)OC(C)(C)C)CC1. The molecule has 1 aromatic rings. The highest BCUT2D eigenvalue weighted by Gasteiger charge is 2.33. The van der Waals surface area contributed by atoms with Gasteiger partial charge in [-0.1, -0.05) is 24.6 Å². The van der Waals surface area contributed by atoms with Crippen molar-refractivity contribution in [2.24, 2.45) is 5.41 Å². The maximum Gasteiger partial charge on any atom is 0.410 e. The van der Waals surface area contributed by atoms with Gasteiger partial charge in [-0.2, -0.15) is 0 Å². The van der Waals surface area contributed by atoms with Crippen LogP contribution in [0.25, 0.3) is 0 Å². The van der Waals surface area contributed by atoms with Crippen LogP contribution in [-0.4, -0.2) is 36.2 Å². The largest absolute Gasteiger partial charge is 0.444 e. The first kappa shape index (κ1) is 20.1. The quantitative estimate of drug-likeness (QED) is 0.834. The molecule has 1 N–H and O–H groups in total. The number of nitrogens with one attached hydrogen (secondary N) is 1. The number of nitrogens with zero attached hydrogens (tertiary/aromatic N) is 1. The smallest absolute Gasteiger partial charge is 0.410 e. The highest BCUT2D eigenvalue weighted by Crippen LogP contribution is 2.31. The molecule has 1 aliphatic rings. The van der Waals surface area contributed by atoms with E-state index in [1.807, 2.05) is 37.8 Å². The van der Waals surface area contributed by atoms with E-state index in [4.69, 9.17) is 16.3 Å². The van der Waals surface area contributed by atoms with E-state index < -0.39 is 5.60 Å². The summed E-state index contributed by atoms with van der Waals surface area (Å²) in [6.45, 7) is 13.4. The van der Waals surface area contributed by atoms with Crippen LogP contribution in [0.5, 0.6) is 0 Å². The lowest BCUT2D eigenvalue weighted by Crippen LogP contribution is -2.47. The molecule has 1 heterocycles. The number of rotatable bonds is 4. The van der Waals surface area contributed by atoms with Crippen LogP contribution < -0.4 is 5.32 Å². The van der Waals surface area contributed by atoms with Crippen molar-refractivity contribution in [3.8, 4) is 0 Å². The third kappa shape index (κ3) is 6.19. The zero-order chi connectivity index (χ0) is 18.7. The van der Waals surface area contributed by atoms with Gasteiger partial charge in [0, 0.05) is 31.2 Å². The molecule has 0 bridgehead atoms. The summed E-state index contributed by atoms with van der Waals surface area (Å²) in [5, 5.41) is 4.36. The lowest BCUT2D eigenvalue weighted by Gasteiger charge is -2.40. The normalized spacial score (nSPS) is 17.4. The van der Waals surface area contributed by atoms with E-state index in [1.54, 1.807) is 0 Å². The van der Waals surface area contributed by atoms with E-state index in [-0.39, 0.29) is 11.5 Å². The fraction of sp³-hybridized carbons (Fsp3) is 0.650. The number of aryl methyl sites for hydroxylation is 1. The minimum absolute atomic E-state index is 0.195. The Kier molecular flexibility index (Phi) is 6.39. The number of hydrogen-bond donors (Lipinski definition) is 1. The van der Waals surface area contributed by atoms with Crippen LogP contribution in [0.3, 0.4) is 0 Å². The van der Waals surface area contributed by atoms with Crippen molar-refractivity contribution >= 4 is 17.7 Å². The number of likely N-dealkylation sites (tertiary alicyclic amines) is 1. The number of ether oxygens (including phenoxy) is 1. The molecule has 0 atom stereocenters. The van der Waals surface area contributed by atoms with Crippen molar-refractivity contribution < 1.29 is 9.53 Å². The molecule has 4 nitrogen and oxygen atoms in total. The van der Waals surface area contributed by atoms with Gasteiger partial charge in [-0.3, -0.25) is 0 Å². The van der Waals surface area contributed by atoms with Crippen molar-refractivity contribution in [1.29, 1.82) is 0 Å². The van der Waals surface area contributed by atoms with Gasteiger partial charge in [0.2, 0.25) is 0 Å². The molecule has 0 unspecified atom stereocenters. The molecule has 0 spiro atoms. The zero-order valence-corrected chi connectivity index (χ0v) is 16.9. The first-order valence-corrected chi connectivity index (χ1v) is 9.39. The molecule has 0 radical (unpaired) electrons. The maximum absolute atomic E-state index is 12.2. The van der Waals surface area contributed by atoms with Crippen LogP contribution in [0.2, 0.25) is 5.02 Å². The highest BCUT2D eigenvalue weighted by molar-refractivity contribution is 6.30. The highest BCUT2D eigenvalue weighted by atomic mass is 35.5. The van der Waals surface area contributed by atoms with E-state index >= 15 is 0 Å². The molecule has 140 valence electrons. The van der Waals surface area contributed by atoms with E-state index in [0.29, 0.717) is 0 Å². The maximum atomic E-state index is 12.2. The van der Waals surface area contributed by atoms with Gasteiger partial charge in [-0.05, 0) is 69.2 Å². The predicted molar refractivity (Wildman–Crippen MR) is 103 cm³/mol. The summed E-state index contributed by atoms with van der Waals surface area (Å²) in [7, 11) is 0. The summed E-state index contributed by atoms with van der Waals surface area (Å²) in [5.41, 5.74) is 2.26. The van der Waals surface area contributed by atoms with Gasteiger partial charge in [0.1, 0.15) is 5.60 Å². The molecular formula is C20H31ClN2O2. The Morgan fingerprint density at radius 3 is 2.52 bits per heavy atom. The average molecular weight is 367 g/mol. The summed E-state index contributed by atoms with van der Waals surface area (Å²) in [4.78, 5) is 14.0. The van der Waals surface area contributed by atoms with Gasteiger partial charge in [0.05, 0.1) is 0 Å². The number of halogens is 1. The Labute approximate surface area is 156 Å². The molecule has 5 heteroatoms. The van der Waals surface area contributed by atoms with E-state index in [2.05, 4.69) is 25.2 Å². The number of benzene rings is 1. The Bertz CT molecular complexity index is 602. The predicted octanol–water partition coefficient (Wildman–Crippen LogP) is 4.78. The van der Waals surface area contributed by atoms with Gasteiger partial charge in [-0.25, -0.2) is 4.79 Å². The minimum Gasteiger partial charge on any atom is -0.444 e. The summed E-state index contributed by atoms with van der Waals surface area (Å²) in [6, 6.07) is 6.02. The van der Waals surface area contributed by atoms with Gasteiger partial charge in [0.25, 0.3) is 0 Å². The molecule has 0 aliphatic carbocycles. The number of piperidine rings is 1. The Morgan fingerprint density at radius 2 is 1.96 bits per heavy atom. The molecule has 2 rings (SSSR count). The zero-order valence-electron chi connectivity index (χ0n) is 16.1. The van der Waals surface area contributed by atoms with Crippen molar-refractivity contribution in [3.63, 3.8) is 0 Å². The molecule has 1 aromatic carbocycles. The second kappa shape index (κ2) is 7.96. The van der Waals surface area contributed by atoms with Crippen molar-refractivity contribution in [2.75, 3.05) is 19.6 Å². The van der Waals surface area contributed by atoms with Gasteiger partial charge in [0.15, 0.2) is 0 Å². The molecule has 1 saturated heterocycles. The lowest BCUT2D eigenvalue weighted by molar-refractivity contribution is 0.0119. The standard InChI is InChI=1S/C20H31ClN2O2/c1-15-12-17(21)7-6-16(15)13-22-14-20(5)8-10-23(11-9-20)18(24)25-19(2,3)4/h6-7,12,22H,8-11,13-14H2,1-5H3. The van der Waals surface area contributed by atoms with Gasteiger partial charge >= 0.3 is 6.09 Å². The summed E-state index contributed by atoms with van der Waals surface area (Å²) in [5.74, 6) is 0. The summed E-state index contributed by atoms with van der Waals surface area (Å²) in [6.07, 6.45) is 1.77. The first-order chi connectivity index (χ1) is 11.6. The van der Waals surface area contributed by atoms with Crippen molar-refractivity contribution in [2.45, 2.75) is 59.6 Å². The van der Waals surface area contributed by atoms with Crippen LogP contribution in [0, 0.1) is 12.3 Å². The third-order valence-corrected chi connectivity index (χ3v) is 5.03.